The van der Waals surface area contributed by atoms with Crippen LogP contribution >= 0.6 is 0 Å². The summed E-state index contributed by atoms with van der Waals surface area (Å²) < 4.78 is 12.8. The number of fused-ring (bicyclic) bond motifs is 1. The van der Waals surface area contributed by atoms with Crippen LogP contribution in [0.2, 0.25) is 0 Å². The Hall–Kier alpha value is -2.54. The molecule has 160 valence electrons. The van der Waals surface area contributed by atoms with Crippen molar-refractivity contribution in [3.63, 3.8) is 0 Å². The second-order valence-corrected chi connectivity index (χ2v) is 7.98. The van der Waals surface area contributed by atoms with E-state index in [0.29, 0.717) is 18.8 Å². The first kappa shape index (κ1) is 22.7. The van der Waals surface area contributed by atoms with Crippen molar-refractivity contribution < 1.29 is 14.3 Å². The van der Waals surface area contributed by atoms with Crippen LogP contribution in [-0.2, 0) is 16.5 Å². The predicted molar refractivity (Wildman–Crippen MR) is 119 cm³/mol. The van der Waals surface area contributed by atoms with Crippen LogP contribution in [0.4, 0.5) is 11.6 Å². The van der Waals surface area contributed by atoms with E-state index < -0.39 is 5.60 Å². The van der Waals surface area contributed by atoms with Gasteiger partial charge in [0.2, 0.25) is 0 Å². The lowest BCUT2D eigenvalue weighted by Crippen LogP contribution is -2.28. The molecule has 2 aromatic rings. The maximum absolute atomic E-state index is 12.9. The van der Waals surface area contributed by atoms with Crippen molar-refractivity contribution in [2.24, 2.45) is 7.05 Å². The molecule has 0 amide bonds. The Bertz CT molecular complexity index is 894. The van der Waals surface area contributed by atoms with Crippen molar-refractivity contribution in [3.05, 3.63) is 29.6 Å². The molecule has 0 aromatic carbocycles. The van der Waals surface area contributed by atoms with E-state index in [2.05, 4.69) is 17.1 Å². The molecule has 7 heteroatoms. The van der Waals surface area contributed by atoms with Crippen molar-refractivity contribution in [2.75, 3.05) is 37.0 Å². The number of hydrogen-bond donors (Lipinski definition) is 1. The predicted octanol–water partition coefficient (Wildman–Crippen LogP) is 4.26. The van der Waals surface area contributed by atoms with Gasteiger partial charge in [-0.2, -0.15) is 0 Å². The van der Waals surface area contributed by atoms with E-state index in [0.717, 1.165) is 34.6 Å². The summed E-state index contributed by atoms with van der Waals surface area (Å²) in [6.07, 6.45) is 3.75. The second kappa shape index (κ2) is 9.31. The maximum Gasteiger partial charge on any atom is 0.355 e. The summed E-state index contributed by atoms with van der Waals surface area (Å²) in [4.78, 5) is 19.9. The second-order valence-electron chi connectivity index (χ2n) is 7.98. The van der Waals surface area contributed by atoms with Gasteiger partial charge in [0.25, 0.3) is 0 Å². The van der Waals surface area contributed by atoms with Gasteiger partial charge in [0.05, 0.1) is 12.1 Å². The lowest BCUT2D eigenvalue weighted by Gasteiger charge is -2.23. The molecule has 0 aliphatic carbocycles. The van der Waals surface area contributed by atoms with Gasteiger partial charge in [-0.25, -0.2) is 9.78 Å². The molecule has 0 atom stereocenters. The van der Waals surface area contributed by atoms with Gasteiger partial charge >= 0.3 is 5.97 Å². The van der Waals surface area contributed by atoms with Crippen molar-refractivity contribution >= 4 is 28.5 Å². The number of nitrogens with one attached hydrogen (secondary N) is 1. The van der Waals surface area contributed by atoms with E-state index in [1.54, 1.807) is 7.11 Å². The Balaban J connectivity index is 2.72. The highest BCUT2D eigenvalue weighted by atomic mass is 16.6. The van der Waals surface area contributed by atoms with Gasteiger partial charge in [-0.3, -0.25) is 0 Å². The van der Waals surface area contributed by atoms with Crippen LogP contribution in [0.5, 0.6) is 0 Å². The molecule has 0 saturated heterocycles. The minimum absolute atomic E-state index is 0.331. The largest absolute Gasteiger partial charge is 0.455 e. The van der Waals surface area contributed by atoms with E-state index in [9.17, 15) is 4.79 Å². The number of likely N-dealkylation sites (N-methyl/N-ethyl adjacent to an activating group) is 1. The SMILES string of the molecule is C/C=C/Nc1cc2c(c(N(CC)CCOC)n1)c(C)c(C(=O)OC(C)(C)C)n2C. The molecule has 2 rings (SSSR count). The molecule has 0 bridgehead atoms. The fraction of sp³-hybridized carbons (Fsp3) is 0.545. The molecule has 2 heterocycles. The fourth-order valence-corrected chi connectivity index (χ4v) is 3.34. The molecule has 7 nitrogen and oxygen atoms in total. The minimum Gasteiger partial charge on any atom is -0.455 e. The van der Waals surface area contributed by atoms with Gasteiger partial charge in [-0.05, 0) is 53.3 Å². The Kier molecular flexibility index (Phi) is 7.30. The molecular formula is C22H34N4O3. The summed E-state index contributed by atoms with van der Waals surface area (Å²) in [6, 6.07) is 1.96. The average Bonchev–Trinajstić information content (AvgIpc) is 2.89. The summed E-state index contributed by atoms with van der Waals surface area (Å²) in [5.41, 5.74) is 1.78. The Morgan fingerprint density at radius 2 is 2.07 bits per heavy atom. The third kappa shape index (κ3) is 5.09. The standard InChI is InChI=1S/C22H34N4O3/c1-9-11-23-17-14-16-18(20(24-17)26(10-2)12-13-28-8)15(3)19(25(16)7)21(27)29-22(4,5)6/h9,11,14H,10,12-13H2,1-8H3,(H,23,24)/b11-9+. The summed E-state index contributed by atoms with van der Waals surface area (Å²) in [5.74, 6) is 1.22. The molecule has 2 aromatic heterocycles. The van der Waals surface area contributed by atoms with Crippen molar-refractivity contribution in [1.29, 1.82) is 0 Å². The van der Waals surface area contributed by atoms with Crippen LogP contribution in [-0.4, -0.2) is 47.9 Å². The van der Waals surface area contributed by atoms with Gasteiger partial charge in [0.15, 0.2) is 0 Å². The first-order valence-corrected chi connectivity index (χ1v) is 9.99. The van der Waals surface area contributed by atoms with Gasteiger partial charge in [-0.15, -0.1) is 0 Å². The number of aromatic nitrogens is 2. The smallest absolute Gasteiger partial charge is 0.355 e. The van der Waals surface area contributed by atoms with Crippen LogP contribution in [0, 0.1) is 6.92 Å². The van der Waals surface area contributed by atoms with Gasteiger partial charge in [0.1, 0.15) is 22.9 Å². The zero-order chi connectivity index (χ0) is 21.8. The van der Waals surface area contributed by atoms with Gasteiger partial charge in [0, 0.05) is 38.7 Å². The van der Waals surface area contributed by atoms with Crippen LogP contribution in [0.3, 0.4) is 0 Å². The summed E-state index contributed by atoms with van der Waals surface area (Å²) in [5, 5.41) is 4.16. The van der Waals surface area contributed by atoms with Crippen LogP contribution in [0.25, 0.3) is 10.9 Å². The van der Waals surface area contributed by atoms with E-state index >= 15 is 0 Å². The molecular weight excluding hydrogens is 368 g/mol. The molecule has 0 unspecified atom stereocenters. The lowest BCUT2D eigenvalue weighted by atomic mass is 10.1. The number of carbonyl (C=O) groups excluding carboxylic acids is 1. The summed E-state index contributed by atoms with van der Waals surface area (Å²) in [7, 11) is 3.58. The number of ether oxygens (including phenoxy) is 2. The number of allylic oxidation sites excluding steroid dienone is 1. The van der Waals surface area contributed by atoms with E-state index in [1.165, 1.54) is 0 Å². The highest BCUT2D eigenvalue weighted by Crippen LogP contribution is 2.35. The quantitative estimate of drug-likeness (QED) is 0.666. The monoisotopic (exact) mass is 402 g/mol. The third-order valence-corrected chi connectivity index (χ3v) is 4.64. The number of carbonyl (C=O) groups is 1. The molecule has 0 radical (unpaired) electrons. The molecule has 0 spiro atoms. The topological polar surface area (TPSA) is 68.6 Å². The van der Waals surface area contributed by atoms with E-state index in [1.807, 2.05) is 64.6 Å². The van der Waals surface area contributed by atoms with Crippen LogP contribution < -0.4 is 10.2 Å². The highest BCUT2D eigenvalue weighted by Gasteiger charge is 2.27. The number of aryl methyl sites for hydroxylation is 2. The zero-order valence-electron chi connectivity index (χ0n) is 18.9. The zero-order valence-corrected chi connectivity index (χ0v) is 18.9. The Morgan fingerprint density at radius 1 is 1.38 bits per heavy atom. The molecule has 0 aliphatic rings. The molecule has 1 N–H and O–H groups in total. The molecule has 0 saturated carbocycles. The van der Waals surface area contributed by atoms with Crippen molar-refractivity contribution in [2.45, 2.75) is 47.1 Å². The van der Waals surface area contributed by atoms with Crippen LogP contribution in [0.1, 0.15) is 50.7 Å². The number of pyridine rings is 1. The normalized spacial score (nSPS) is 12.0. The number of hydrogen-bond acceptors (Lipinski definition) is 6. The van der Waals surface area contributed by atoms with Gasteiger partial charge < -0.3 is 24.3 Å². The van der Waals surface area contributed by atoms with E-state index in [4.69, 9.17) is 14.5 Å². The summed E-state index contributed by atoms with van der Waals surface area (Å²) in [6.45, 7) is 13.7. The highest BCUT2D eigenvalue weighted by molar-refractivity contribution is 6.04. The third-order valence-electron chi connectivity index (χ3n) is 4.64. The minimum atomic E-state index is -0.562. The molecule has 0 fully saturated rings. The Labute approximate surface area is 173 Å². The number of methoxy groups -OCH3 is 1. The van der Waals surface area contributed by atoms with Crippen molar-refractivity contribution in [1.82, 2.24) is 9.55 Å². The number of anilines is 2. The van der Waals surface area contributed by atoms with E-state index in [-0.39, 0.29) is 5.97 Å². The average molecular weight is 403 g/mol. The van der Waals surface area contributed by atoms with Gasteiger partial charge in [-0.1, -0.05) is 6.08 Å². The molecule has 29 heavy (non-hydrogen) atoms. The van der Waals surface area contributed by atoms with Crippen molar-refractivity contribution in [3.8, 4) is 0 Å². The fourth-order valence-electron chi connectivity index (χ4n) is 3.34. The summed E-state index contributed by atoms with van der Waals surface area (Å²) >= 11 is 0. The molecule has 0 aliphatic heterocycles. The first-order valence-electron chi connectivity index (χ1n) is 9.99. The lowest BCUT2D eigenvalue weighted by molar-refractivity contribution is 0.00587. The number of nitrogens with zero attached hydrogens (tertiary/aromatic N) is 3. The Morgan fingerprint density at radius 3 is 2.62 bits per heavy atom. The first-order chi connectivity index (χ1) is 13.6. The van der Waals surface area contributed by atoms with Crippen LogP contribution in [0.15, 0.2) is 18.3 Å². The number of esters is 1. The maximum atomic E-state index is 12.9. The number of rotatable bonds is 8.